The number of benzene rings is 1. The molecule has 92 valence electrons. The van der Waals surface area contributed by atoms with Gasteiger partial charge in [0.05, 0.1) is 12.7 Å². The Morgan fingerprint density at radius 2 is 2.06 bits per heavy atom. The van der Waals surface area contributed by atoms with Crippen molar-refractivity contribution in [3.05, 3.63) is 29.6 Å². The van der Waals surface area contributed by atoms with Crippen LogP contribution in [-0.4, -0.2) is 24.0 Å². The lowest BCUT2D eigenvalue weighted by Gasteiger charge is -2.07. The standard InChI is InChI=1S/C12H13FO4/c1-17-11-6-5-8(13)7-9(11)10(14)3-2-4-12(15)16/h5-7H,2-4H2,1H3,(H,15,16). The van der Waals surface area contributed by atoms with Crippen LogP contribution in [0.4, 0.5) is 4.39 Å². The molecule has 17 heavy (non-hydrogen) atoms. The van der Waals surface area contributed by atoms with Gasteiger partial charge in [0, 0.05) is 12.8 Å². The molecule has 0 bridgehead atoms. The number of hydrogen-bond donors (Lipinski definition) is 1. The van der Waals surface area contributed by atoms with E-state index in [0.717, 1.165) is 6.07 Å². The minimum atomic E-state index is -0.955. The molecular formula is C12H13FO4. The number of carbonyl (C=O) groups is 2. The number of ether oxygens (including phenoxy) is 1. The maximum atomic E-state index is 13.0. The molecule has 0 aliphatic heterocycles. The third-order valence-electron chi connectivity index (χ3n) is 2.26. The van der Waals surface area contributed by atoms with Gasteiger partial charge in [0.2, 0.25) is 0 Å². The number of carboxylic acids is 1. The second-order valence-corrected chi connectivity index (χ2v) is 3.52. The Morgan fingerprint density at radius 1 is 1.35 bits per heavy atom. The van der Waals surface area contributed by atoms with Gasteiger partial charge in [0.15, 0.2) is 5.78 Å². The summed E-state index contributed by atoms with van der Waals surface area (Å²) in [5, 5.41) is 8.45. The Bertz CT molecular complexity index is 429. The topological polar surface area (TPSA) is 63.6 Å². The summed E-state index contributed by atoms with van der Waals surface area (Å²) in [5.41, 5.74) is 0.151. The van der Waals surface area contributed by atoms with Crippen LogP contribution in [0, 0.1) is 5.82 Å². The molecule has 0 aromatic heterocycles. The number of methoxy groups -OCH3 is 1. The molecule has 1 rings (SSSR count). The average Bonchev–Trinajstić information content (AvgIpc) is 2.28. The zero-order chi connectivity index (χ0) is 12.8. The van der Waals surface area contributed by atoms with Crippen LogP contribution in [0.5, 0.6) is 5.75 Å². The molecule has 0 heterocycles. The van der Waals surface area contributed by atoms with Crippen LogP contribution in [-0.2, 0) is 4.79 Å². The van der Waals surface area contributed by atoms with Crippen LogP contribution in [0.2, 0.25) is 0 Å². The van der Waals surface area contributed by atoms with E-state index < -0.39 is 11.8 Å². The monoisotopic (exact) mass is 240 g/mol. The number of ketones is 1. The summed E-state index contributed by atoms with van der Waals surface area (Å²) in [6.45, 7) is 0. The van der Waals surface area contributed by atoms with Crippen LogP contribution in [0.3, 0.4) is 0 Å². The highest BCUT2D eigenvalue weighted by Crippen LogP contribution is 2.21. The Kier molecular flexibility index (Phi) is 4.63. The molecule has 0 unspecified atom stereocenters. The highest BCUT2D eigenvalue weighted by molar-refractivity contribution is 5.98. The lowest BCUT2D eigenvalue weighted by molar-refractivity contribution is -0.137. The van der Waals surface area contributed by atoms with Gasteiger partial charge in [-0.3, -0.25) is 9.59 Å². The van der Waals surface area contributed by atoms with E-state index in [-0.39, 0.29) is 30.6 Å². The van der Waals surface area contributed by atoms with Crippen molar-refractivity contribution >= 4 is 11.8 Å². The van der Waals surface area contributed by atoms with E-state index in [4.69, 9.17) is 9.84 Å². The van der Waals surface area contributed by atoms with Crippen molar-refractivity contribution in [1.82, 2.24) is 0 Å². The van der Waals surface area contributed by atoms with Gasteiger partial charge in [0.25, 0.3) is 0 Å². The van der Waals surface area contributed by atoms with Crippen LogP contribution >= 0.6 is 0 Å². The number of aliphatic carboxylic acids is 1. The molecule has 0 saturated heterocycles. The molecular weight excluding hydrogens is 227 g/mol. The molecule has 5 heteroatoms. The van der Waals surface area contributed by atoms with Crippen LogP contribution < -0.4 is 4.74 Å². The van der Waals surface area contributed by atoms with Gasteiger partial charge in [-0.25, -0.2) is 4.39 Å². The van der Waals surface area contributed by atoms with Crippen LogP contribution in [0.1, 0.15) is 29.6 Å². The predicted octanol–water partition coefficient (Wildman–Crippen LogP) is 2.27. The summed E-state index contributed by atoms with van der Waals surface area (Å²) in [6, 6.07) is 3.68. The minimum absolute atomic E-state index is 0.0616. The first-order valence-corrected chi connectivity index (χ1v) is 5.13. The number of Topliss-reactive ketones (excluding diaryl/α,β-unsaturated/α-hetero) is 1. The molecule has 0 atom stereocenters. The quantitative estimate of drug-likeness (QED) is 0.775. The predicted molar refractivity (Wildman–Crippen MR) is 58.8 cm³/mol. The molecule has 1 aromatic carbocycles. The summed E-state index contributed by atoms with van der Waals surface area (Å²) >= 11 is 0. The third-order valence-corrected chi connectivity index (χ3v) is 2.26. The third kappa shape index (κ3) is 3.86. The lowest BCUT2D eigenvalue weighted by Crippen LogP contribution is -2.04. The average molecular weight is 240 g/mol. The first kappa shape index (κ1) is 13.2. The van der Waals surface area contributed by atoms with Crippen molar-refractivity contribution < 1.29 is 23.8 Å². The molecule has 0 aliphatic carbocycles. The lowest BCUT2D eigenvalue weighted by atomic mass is 10.0. The molecule has 1 N–H and O–H groups in total. The zero-order valence-corrected chi connectivity index (χ0v) is 9.40. The second kappa shape index (κ2) is 5.98. The van der Waals surface area contributed by atoms with Gasteiger partial charge < -0.3 is 9.84 Å². The van der Waals surface area contributed by atoms with E-state index in [1.54, 1.807) is 0 Å². The summed E-state index contributed by atoms with van der Waals surface area (Å²) in [7, 11) is 1.39. The first-order valence-electron chi connectivity index (χ1n) is 5.13. The van der Waals surface area contributed by atoms with Crippen LogP contribution in [0.15, 0.2) is 18.2 Å². The number of carbonyl (C=O) groups excluding carboxylic acids is 1. The van der Waals surface area contributed by atoms with E-state index in [1.807, 2.05) is 0 Å². The Hall–Kier alpha value is -1.91. The van der Waals surface area contributed by atoms with Gasteiger partial charge in [-0.15, -0.1) is 0 Å². The van der Waals surface area contributed by atoms with Crippen molar-refractivity contribution in [1.29, 1.82) is 0 Å². The molecule has 0 saturated carbocycles. The number of halogens is 1. The smallest absolute Gasteiger partial charge is 0.303 e. The maximum Gasteiger partial charge on any atom is 0.303 e. The number of rotatable bonds is 6. The fourth-order valence-corrected chi connectivity index (χ4v) is 1.43. The SMILES string of the molecule is COc1ccc(F)cc1C(=O)CCCC(=O)O. The summed E-state index contributed by atoms with van der Waals surface area (Å²) in [5.74, 6) is -1.49. The summed E-state index contributed by atoms with van der Waals surface area (Å²) < 4.78 is 17.9. The van der Waals surface area contributed by atoms with Crippen molar-refractivity contribution in [3.8, 4) is 5.75 Å². The molecule has 4 nitrogen and oxygen atoms in total. The molecule has 0 aliphatic rings. The fourth-order valence-electron chi connectivity index (χ4n) is 1.43. The highest BCUT2D eigenvalue weighted by atomic mass is 19.1. The maximum absolute atomic E-state index is 13.0. The Morgan fingerprint density at radius 3 is 2.65 bits per heavy atom. The van der Waals surface area contributed by atoms with Gasteiger partial charge >= 0.3 is 5.97 Å². The van der Waals surface area contributed by atoms with Gasteiger partial charge in [-0.2, -0.15) is 0 Å². The van der Waals surface area contributed by atoms with E-state index in [2.05, 4.69) is 0 Å². The van der Waals surface area contributed by atoms with Crippen molar-refractivity contribution in [2.24, 2.45) is 0 Å². The minimum Gasteiger partial charge on any atom is -0.496 e. The fraction of sp³-hybridized carbons (Fsp3) is 0.333. The van der Waals surface area contributed by atoms with E-state index >= 15 is 0 Å². The summed E-state index contributed by atoms with van der Waals surface area (Å²) in [6.07, 6.45) is 0.212. The molecule has 0 spiro atoms. The zero-order valence-electron chi connectivity index (χ0n) is 9.40. The summed E-state index contributed by atoms with van der Waals surface area (Å²) in [4.78, 5) is 22.0. The van der Waals surface area contributed by atoms with Crippen molar-refractivity contribution in [2.75, 3.05) is 7.11 Å². The Balaban J connectivity index is 2.73. The Labute approximate surface area is 98.0 Å². The van der Waals surface area contributed by atoms with E-state index in [0.29, 0.717) is 5.75 Å². The largest absolute Gasteiger partial charge is 0.496 e. The van der Waals surface area contributed by atoms with E-state index in [9.17, 15) is 14.0 Å². The second-order valence-electron chi connectivity index (χ2n) is 3.52. The van der Waals surface area contributed by atoms with Crippen molar-refractivity contribution in [2.45, 2.75) is 19.3 Å². The van der Waals surface area contributed by atoms with Gasteiger partial charge in [0.1, 0.15) is 11.6 Å². The highest BCUT2D eigenvalue weighted by Gasteiger charge is 2.13. The normalized spacial score (nSPS) is 10.0. The van der Waals surface area contributed by atoms with E-state index in [1.165, 1.54) is 19.2 Å². The van der Waals surface area contributed by atoms with Gasteiger partial charge in [-0.05, 0) is 24.6 Å². The molecule has 1 aromatic rings. The van der Waals surface area contributed by atoms with Crippen molar-refractivity contribution in [3.63, 3.8) is 0 Å². The molecule has 0 radical (unpaired) electrons. The number of carboxylic acid groups (broad SMARTS) is 1. The van der Waals surface area contributed by atoms with Gasteiger partial charge in [-0.1, -0.05) is 0 Å². The van der Waals surface area contributed by atoms with Crippen LogP contribution in [0.25, 0.3) is 0 Å². The first-order chi connectivity index (χ1) is 8.04. The molecule has 0 fully saturated rings. The number of hydrogen-bond acceptors (Lipinski definition) is 3. The molecule has 0 amide bonds.